The molecule has 0 heterocycles. The number of carboxylic acids is 1. The number of hydrazone groups is 1. The van der Waals surface area contributed by atoms with Crippen LogP contribution in [0.3, 0.4) is 0 Å². The molecule has 0 atom stereocenters. The highest BCUT2D eigenvalue weighted by Gasteiger charge is 2.11. The van der Waals surface area contributed by atoms with Gasteiger partial charge in [0.2, 0.25) is 0 Å². The van der Waals surface area contributed by atoms with Crippen LogP contribution < -0.4 is 14.7 Å². The number of sulfonamides is 1. The Bertz CT molecular complexity index is 833. The third-order valence-corrected chi connectivity index (χ3v) is 4.51. The molecule has 0 saturated carbocycles. The van der Waals surface area contributed by atoms with Gasteiger partial charge in [-0.05, 0) is 54.1 Å². The van der Waals surface area contributed by atoms with E-state index in [1.54, 1.807) is 24.3 Å². The molecule has 24 heavy (non-hydrogen) atoms. The number of carbonyl (C=O) groups excluding carboxylic acids is 1. The van der Waals surface area contributed by atoms with E-state index in [1.807, 2.05) is 0 Å². The predicted molar refractivity (Wildman–Crippen MR) is 89.0 cm³/mol. The first kappa shape index (κ1) is 18.0. The Balaban J connectivity index is 1.98. The minimum absolute atomic E-state index is 0.0916. The average molecular weight is 412 g/mol. The number of carbonyl (C=O) groups is 1. The van der Waals surface area contributed by atoms with Crippen LogP contribution in [-0.2, 0) is 14.8 Å². The maximum absolute atomic E-state index is 12.0. The number of ether oxygens (including phenoxy) is 1. The van der Waals surface area contributed by atoms with Gasteiger partial charge in [-0.1, -0.05) is 15.9 Å². The van der Waals surface area contributed by atoms with Crippen molar-refractivity contribution in [2.75, 3.05) is 6.61 Å². The number of hydrogen-bond donors (Lipinski definition) is 1. The van der Waals surface area contributed by atoms with E-state index in [0.29, 0.717) is 11.3 Å². The Morgan fingerprint density at radius 3 is 2.38 bits per heavy atom. The molecule has 0 spiro atoms. The molecule has 0 amide bonds. The van der Waals surface area contributed by atoms with Crippen LogP contribution >= 0.6 is 15.9 Å². The van der Waals surface area contributed by atoms with Crippen LogP contribution in [0.5, 0.6) is 5.75 Å². The summed E-state index contributed by atoms with van der Waals surface area (Å²) in [5, 5.41) is 14.0. The quantitative estimate of drug-likeness (QED) is 0.537. The minimum atomic E-state index is -3.74. The smallest absolute Gasteiger partial charge is 0.276 e. The maximum atomic E-state index is 12.0. The van der Waals surface area contributed by atoms with E-state index in [4.69, 9.17) is 4.74 Å². The lowest BCUT2D eigenvalue weighted by atomic mass is 10.2. The van der Waals surface area contributed by atoms with Crippen molar-refractivity contribution in [2.24, 2.45) is 5.10 Å². The maximum Gasteiger partial charge on any atom is 0.276 e. The third-order valence-electron chi connectivity index (χ3n) is 2.75. The Hall–Kier alpha value is -2.39. The molecule has 0 aliphatic rings. The predicted octanol–water partition coefficient (Wildman–Crippen LogP) is 0.890. The largest absolute Gasteiger partial charge is 0.546 e. The van der Waals surface area contributed by atoms with Crippen molar-refractivity contribution in [1.82, 2.24) is 4.83 Å². The van der Waals surface area contributed by atoms with Gasteiger partial charge in [0, 0.05) is 4.47 Å². The lowest BCUT2D eigenvalue weighted by molar-refractivity contribution is -0.307. The molecule has 2 rings (SSSR count). The molecule has 0 bridgehead atoms. The van der Waals surface area contributed by atoms with Crippen LogP contribution in [0.2, 0.25) is 0 Å². The Kier molecular flexibility index (Phi) is 5.93. The normalized spacial score (nSPS) is 11.4. The third kappa shape index (κ3) is 5.36. The van der Waals surface area contributed by atoms with Crippen LogP contribution in [0.15, 0.2) is 63.0 Å². The molecule has 7 nitrogen and oxygen atoms in total. The van der Waals surface area contributed by atoms with Gasteiger partial charge < -0.3 is 14.6 Å². The SMILES string of the molecule is O=C([O-])COc1ccc(/C=N\NS(=O)(=O)c2ccc(Br)cc2)cc1. The van der Waals surface area contributed by atoms with Gasteiger partial charge in [0.25, 0.3) is 10.0 Å². The van der Waals surface area contributed by atoms with Crippen LogP contribution in [0, 0.1) is 0 Å². The van der Waals surface area contributed by atoms with Crippen molar-refractivity contribution in [3.05, 3.63) is 58.6 Å². The molecule has 2 aromatic rings. The number of carboxylic acid groups (broad SMARTS) is 1. The summed E-state index contributed by atoms with van der Waals surface area (Å²) in [6.07, 6.45) is 1.32. The minimum Gasteiger partial charge on any atom is -0.546 e. The fraction of sp³-hybridized carbons (Fsp3) is 0.0667. The van der Waals surface area contributed by atoms with E-state index in [1.165, 1.54) is 30.5 Å². The van der Waals surface area contributed by atoms with Crippen molar-refractivity contribution < 1.29 is 23.1 Å². The van der Waals surface area contributed by atoms with Gasteiger partial charge in [-0.15, -0.1) is 0 Å². The van der Waals surface area contributed by atoms with E-state index >= 15 is 0 Å². The highest BCUT2D eigenvalue weighted by Crippen LogP contribution is 2.14. The molecule has 1 N–H and O–H groups in total. The van der Waals surface area contributed by atoms with Crippen LogP contribution in [0.4, 0.5) is 0 Å². The van der Waals surface area contributed by atoms with Crippen LogP contribution in [0.25, 0.3) is 0 Å². The molecule has 0 unspecified atom stereocenters. The van der Waals surface area contributed by atoms with Crippen LogP contribution in [0.1, 0.15) is 5.56 Å². The summed E-state index contributed by atoms with van der Waals surface area (Å²) in [4.78, 5) is 12.5. The zero-order valence-corrected chi connectivity index (χ0v) is 14.6. The van der Waals surface area contributed by atoms with Gasteiger partial charge in [-0.25, -0.2) is 4.83 Å². The van der Waals surface area contributed by atoms with E-state index in [0.717, 1.165) is 4.47 Å². The van der Waals surface area contributed by atoms with Crippen molar-refractivity contribution in [2.45, 2.75) is 4.90 Å². The van der Waals surface area contributed by atoms with E-state index in [-0.39, 0.29) is 4.90 Å². The molecular weight excluding hydrogens is 400 g/mol. The Morgan fingerprint density at radius 1 is 1.17 bits per heavy atom. The topological polar surface area (TPSA) is 108 Å². The fourth-order valence-corrected chi connectivity index (χ4v) is 2.68. The number of nitrogens with one attached hydrogen (secondary N) is 1. The summed E-state index contributed by atoms with van der Waals surface area (Å²) in [7, 11) is -3.74. The van der Waals surface area contributed by atoms with Gasteiger partial charge in [-0.3, -0.25) is 0 Å². The van der Waals surface area contributed by atoms with Crippen molar-refractivity contribution in [3.63, 3.8) is 0 Å². The standard InChI is InChI=1S/C15H13BrN2O5S/c16-12-3-7-14(8-4-12)24(21,22)18-17-9-11-1-5-13(6-2-11)23-10-15(19)20/h1-9,18H,10H2,(H,19,20)/p-1/b17-9-. The second-order valence-corrected chi connectivity index (χ2v) is 7.11. The lowest BCUT2D eigenvalue weighted by Crippen LogP contribution is -2.28. The van der Waals surface area contributed by atoms with Gasteiger partial charge in [0.05, 0.1) is 17.1 Å². The van der Waals surface area contributed by atoms with E-state index < -0.39 is 22.6 Å². The van der Waals surface area contributed by atoms with Crippen LogP contribution in [-0.4, -0.2) is 27.2 Å². The molecule has 0 aliphatic heterocycles. The number of benzene rings is 2. The summed E-state index contributed by atoms with van der Waals surface area (Å²) in [6.45, 7) is -0.541. The van der Waals surface area contributed by atoms with E-state index in [9.17, 15) is 18.3 Å². The van der Waals surface area contributed by atoms with Crippen molar-refractivity contribution in [1.29, 1.82) is 0 Å². The average Bonchev–Trinajstić information content (AvgIpc) is 2.54. The zero-order chi connectivity index (χ0) is 17.6. The molecule has 0 aliphatic carbocycles. The van der Waals surface area contributed by atoms with E-state index in [2.05, 4.69) is 25.9 Å². The zero-order valence-electron chi connectivity index (χ0n) is 12.2. The molecular formula is C15H12BrN2O5S-. The molecule has 9 heteroatoms. The number of rotatable bonds is 7. The summed E-state index contributed by atoms with van der Waals surface area (Å²) in [5.74, 6) is -0.963. The number of aliphatic carboxylic acids is 1. The summed E-state index contributed by atoms with van der Waals surface area (Å²) >= 11 is 3.23. The molecule has 126 valence electrons. The highest BCUT2D eigenvalue weighted by atomic mass is 79.9. The Labute approximate surface area is 147 Å². The summed E-state index contributed by atoms with van der Waals surface area (Å²) in [5.41, 5.74) is 0.606. The molecule has 0 fully saturated rings. The highest BCUT2D eigenvalue weighted by molar-refractivity contribution is 9.10. The van der Waals surface area contributed by atoms with Crippen molar-refractivity contribution in [3.8, 4) is 5.75 Å². The first-order chi connectivity index (χ1) is 11.4. The number of nitrogens with zero attached hydrogens (tertiary/aromatic N) is 1. The second kappa shape index (κ2) is 7.93. The Morgan fingerprint density at radius 2 is 1.79 bits per heavy atom. The van der Waals surface area contributed by atoms with Gasteiger partial charge >= 0.3 is 0 Å². The lowest BCUT2D eigenvalue weighted by Gasteiger charge is -2.06. The monoisotopic (exact) mass is 411 g/mol. The number of halogens is 1. The first-order valence-electron chi connectivity index (χ1n) is 6.60. The summed E-state index contributed by atoms with van der Waals surface area (Å²) in [6, 6.07) is 12.4. The molecule has 0 aromatic heterocycles. The molecule has 0 radical (unpaired) electrons. The van der Waals surface area contributed by atoms with Crippen molar-refractivity contribution >= 4 is 38.1 Å². The molecule has 2 aromatic carbocycles. The first-order valence-corrected chi connectivity index (χ1v) is 8.87. The van der Waals surface area contributed by atoms with Gasteiger partial charge in [-0.2, -0.15) is 13.5 Å². The molecule has 0 saturated heterocycles. The van der Waals surface area contributed by atoms with Gasteiger partial charge in [0.1, 0.15) is 12.4 Å². The second-order valence-electron chi connectivity index (χ2n) is 4.54. The van der Waals surface area contributed by atoms with Gasteiger partial charge in [0.15, 0.2) is 0 Å². The number of hydrogen-bond acceptors (Lipinski definition) is 6. The summed E-state index contributed by atoms with van der Waals surface area (Å²) < 4.78 is 29.7. The fourth-order valence-electron chi connectivity index (χ4n) is 1.63.